The molecule has 72 heavy (non-hydrogen) atoms. The molecule has 332 valence electrons. The number of H-pyrrole nitrogens is 4. The summed E-state index contributed by atoms with van der Waals surface area (Å²) in [5, 5.41) is 20.6. The summed E-state index contributed by atoms with van der Waals surface area (Å²) in [6.07, 6.45) is 5.92. The van der Waals surface area contributed by atoms with E-state index in [1.807, 2.05) is 12.4 Å². The zero-order chi connectivity index (χ0) is 46.5. The molecule has 6 heteroatoms. The van der Waals surface area contributed by atoms with Gasteiger partial charge in [0.2, 0.25) is 0 Å². The van der Waals surface area contributed by atoms with Crippen LogP contribution in [0.15, 0.2) is 182 Å². The van der Waals surface area contributed by atoms with E-state index < -0.39 is 0 Å². The van der Waals surface area contributed by atoms with Crippen molar-refractivity contribution in [2.45, 2.75) is 12.8 Å². The molecule has 0 atom stereocenters. The zero-order valence-corrected chi connectivity index (χ0v) is 38.6. The second-order valence-corrected chi connectivity index (χ2v) is 20.3. The molecule has 0 saturated heterocycles. The topological polar surface area (TPSA) is 88.9 Å². The minimum absolute atomic E-state index is 0.960. The van der Waals surface area contributed by atoms with Crippen molar-refractivity contribution in [3.05, 3.63) is 205 Å². The average Bonchev–Trinajstić information content (AvgIpc) is 4.28. The lowest BCUT2D eigenvalue weighted by atomic mass is 9.88. The standard InChI is InChI=1S/C41H23N3.C25H15N3/c1-3-7-32-24(5-1)29-15-22-14-23-13-20-9-10-21-16-37-41(27-12-11-26(39(20)40(21)27)38(23)28(22)17-34(29)42-32)31-19-35-30(18-36(31)44-37)25-6-2-4-8-33(25)43-35;1-2-6-16-14(5-1)11-15-12-26-24-18(22(15)16)9-10-19-23-17-7-3-4-8-20(17)28-21(23)13-27-25(19)24/h1-13,15-19,42-44H,14H2;1-10,12-13,28H,11H2. The highest BCUT2D eigenvalue weighted by molar-refractivity contribution is 6.35. The molecule has 2 aliphatic carbocycles. The molecule has 19 rings (SSSR count). The van der Waals surface area contributed by atoms with Gasteiger partial charge < -0.3 is 19.9 Å². The Kier molecular flexibility index (Phi) is 6.86. The highest BCUT2D eigenvalue weighted by Gasteiger charge is 2.27. The van der Waals surface area contributed by atoms with Crippen molar-refractivity contribution in [2.24, 2.45) is 0 Å². The maximum atomic E-state index is 4.86. The van der Waals surface area contributed by atoms with E-state index in [9.17, 15) is 0 Å². The van der Waals surface area contributed by atoms with E-state index in [1.54, 1.807) is 0 Å². The van der Waals surface area contributed by atoms with Crippen LogP contribution in [0.1, 0.15) is 22.3 Å². The lowest BCUT2D eigenvalue weighted by molar-refractivity contribution is 1.22. The molecule has 0 aliphatic heterocycles. The van der Waals surface area contributed by atoms with Crippen molar-refractivity contribution in [1.29, 1.82) is 0 Å². The molecule has 0 spiro atoms. The highest BCUT2D eigenvalue weighted by Crippen LogP contribution is 2.50. The molecule has 6 heterocycles. The number of hydrogen-bond acceptors (Lipinski definition) is 2. The molecule has 0 bridgehead atoms. The third-order valence-electron chi connectivity index (χ3n) is 16.6. The number of nitrogens with zero attached hydrogens (tertiary/aromatic N) is 2. The molecular weight excluding hydrogens is 877 g/mol. The summed E-state index contributed by atoms with van der Waals surface area (Å²) in [7, 11) is 0. The zero-order valence-electron chi connectivity index (χ0n) is 38.6. The molecular formula is C66H38N6. The van der Waals surface area contributed by atoms with Gasteiger partial charge in [-0.25, -0.2) is 0 Å². The Hall–Kier alpha value is -9.52. The van der Waals surface area contributed by atoms with Crippen molar-refractivity contribution < 1.29 is 0 Å². The van der Waals surface area contributed by atoms with Gasteiger partial charge in [-0.2, -0.15) is 0 Å². The predicted molar refractivity (Wildman–Crippen MR) is 301 cm³/mol. The van der Waals surface area contributed by atoms with Crippen molar-refractivity contribution in [3.63, 3.8) is 0 Å². The van der Waals surface area contributed by atoms with Crippen LogP contribution in [0, 0.1) is 0 Å². The number of aromatic nitrogens is 6. The Morgan fingerprint density at radius 1 is 0.278 bits per heavy atom. The number of para-hydroxylation sites is 3. The molecule has 2 aliphatic rings. The van der Waals surface area contributed by atoms with Gasteiger partial charge in [-0.15, -0.1) is 0 Å². The van der Waals surface area contributed by atoms with Crippen molar-refractivity contribution in [1.82, 2.24) is 29.9 Å². The lowest BCUT2D eigenvalue weighted by Gasteiger charge is -2.15. The number of rotatable bonds is 0. The number of fused-ring (bicyclic) bond motifs is 25. The molecule has 11 aromatic carbocycles. The normalized spacial score (nSPS) is 13.2. The van der Waals surface area contributed by atoms with Gasteiger partial charge >= 0.3 is 0 Å². The second-order valence-electron chi connectivity index (χ2n) is 20.3. The molecule has 0 unspecified atom stereocenters. The van der Waals surface area contributed by atoms with E-state index in [0.29, 0.717) is 0 Å². The molecule has 0 saturated carbocycles. The van der Waals surface area contributed by atoms with Gasteiger partial charge in [0.05, 0.1) is 22.7 Å². The highest BCUT2D eigenvalue weighted by atomic mass is 14.8. The second kappa shape index (κ2) is 13.2. The van der Waals surface area contributed by atoms with E-state index in [2.05, 4.69) is 190 Å². The van der Waals surface area contributed by atoms with Gasteiger partial charge in [0.1, 0.15) is 0 Å². The van der Waals surface area contributed by atoms with Crippen LogP contribution in [0.2, 0.25) is 0 Å². The van der Waals surface area contributed by atoms with Gasteiger partial charge in [0, 0.05) is 105 Å². The minimum Gasteiger partial charge on any atom is -0.354 e. The molecule has 0 fully saturated rings. The van der Waals surface area contributed by atoms with Crippen LogP contribution >= 0.6 is 0 Å². The number of benzene rings is 11. The van der Waals surface area contributed by atoms with E-state index >= 15 is 0 Å². The van der Waals surface area contributed by atoms with Crippen LogP contribution in [0.5, 0.6) is 0 Å². The molecule has 17 aromatic rings. The summed E-state index contributed by atoms with van der Waals surface area (Å²) >= 11 is 0. The molecule has 4 N–H and O–H groups in total. The van der Waals surface area contributed by atoms with Crippen LogP contribution in [0.25, 0.3) is 164 Å². The molecule has 0 amide bonds. The van der Waals surface area contributed by atoms with Crippen LogP contribution in [-0.4, -0.2) is 29.9 Å². The summed E-state index contributed by atoms with van der Waals surface area (Å²) in [6, 6.07) is 62.5. The van der Waals surface area contributed by atoms with Gasteiger partial charge in [-0.1, -0.05) is 121 Å². The SMILES string of the molecule is c1ccc2c(c1)Cc1cnc3c(ccc4c3ncc3[nH]c5ccccc5c34)c1-2.c1ccc2c(c1)[nH]c1cc3c(cc12)Cc1cc2ccc4cc5[nH]c6cc7c(cc6c5c5ccc(c1-3)c2c45)[nH]c1ccccc17. The Morgan fingerprint density at radius 2 is 0.833 bits per heavy atom. The summed E-state index contributed by atoms with van der Waals surface area (Å²) in [5.41, 5.74) is 22.3. The van der Waals surface area contributed by atoms with E-state index in [-0.39, 0.29) is 0 Å². The first-order valence-electron chi connectivity index (χ1n) is 25.0. The molecule has 6 nitrogen and oxygen atoms in total. The third kappa shape index (κ3) is 4.78. The predicted octanol–water partition coefficient (Wildman–Crippen LogP) is 17.0. The number of pyridine rings is 2. The minimum atomic E-state index is 0.960. The smallest absolute Gasteiger partial charge is 0.0972 e. The number of aromatic amines is 4. The maximum absolute atomic E-state index is 4.86. The summed E-state index contributed by atoms with van der Waals surface area (Å²) in [6.45, 7) is 0. The van der Waals surface area contributed by atoms with Crippen LogP contribution < -0.4 is 0 Å². The van der Waals surface area contributed by atoms with Crippen LogP contribution in [-0.2, 0) is 12.8 Å². The third-order valence-corrected chi connectivity index (χ3v) is 16.6. The van der Waals surface area contributed by atoms with Crippen molar-refractivity contribution in [3.8, 4) is 22.3 Å². The van der Waals surface area contributed by atoms with Crippen LogP contribution in [0.3, 0.4) is 0 Å². The average molecular weight is 915 g/mol. The Morgan fingerprint density at radius 3 is 1.68 bits per heavy atom. The largest absolute Gasteiger partial charge is 0.354 e. The fourth-order valence-corrected chi connectivity index (χ4v) is 13.6. The van der Waals surface area contributed by atoms with E-state index in [1.165, 1.54) is 158 Å². The monoisotopic (exact) mass is 914 g/mol. The van der Waals surface area contributed by atoms with Gasteiger partial charge in [-0.05, 0) is 132 Å². The number of nitrogens with one attached hydrogen (secondary N) is 4. The first kappa shape index (κ1) is 37.4. The fourth-order valence-electron chi connectivity index (χ4n) is 13.6. The van der Waals surface area contributed by atoms with Gasteiger partial charge in [0.25, 0.3) is 0 Å². The first-order valence-corrected chi connectivity index (χ1v) is 25.0. The maximum Gasteiger partial charge on any atom is 0.0972 e. The summed E-state index contributed by atoms with van der Waals surface area (Å²) < 4.78 is 0. The summed E-state index contributed by atoms with van der Waals surface area (Å²) in [5.74, 6) is 0. The van der Waals surface area contributed by atoms with Gasteiger partial charge in [0.15, 0.2) is 0 Å². The van der Waals surface area contributed by atoms with Crippen LogP contribution in [0.4, 0.5) is 0 Å². The Balaban J connectivity index is 0.000000128. The Bertz CT molecular complexity index is 5290. The Labute approximate surface area is 408 Å². The van der Waals surface area contributed by atoms with Crippen molar-refractivity contribution in [2.75, 3.05) is 0 Å². The van der Waals surface area contributed by atoms with E-state index in [0.717, 1.165) is 40.3 Å². The van der Waals surface area contributed by atoms with E-state index in [4.69, 9.17) is 9.97 Å². The first-order chi connectivity index (χ1) is 35.6. The molecule has 0 radical (unpaired) electrons. The quantitative estimate of drug-likeness (QED) is 0.114. The van der Waals surface area contributed by atoms with Gasteiger partial charge in [-0.3, -0.25) is 9.97 Å². The summed E-state index contributed by atoms with van der Waals surface area (Å²) in [4.78, 5) is 24.3. The molecule has 6 aromatic heterocycles. The van der Waals surface area contributed by atoms with Crippen molar-refractivity contribution >= 4 is 141 Å². The fraction of sp³-hybridized carbons (Fsp3) is 0.0303. The number of hydrogen-bond donors (Lipinski definition) is 4. The lowest BCUT2D eigenvalue weighted by Crippen LogP contribution is -1.90.